The average molecular weight is 668 g/mol. The normalized spacial score (nSPS) is 19.6. The number of sulfonamides is 1. The number of pyridine rings is 1. The van der Waals surface area contributed by atoms with E-state index in [1.54, 1.807) is 29.1 Å². The molecule has 1 fully saturated rings. The summed E-state index contributed by atoms with van der Waals surface area (Å²) in [7, 11) is -1.81. The number of halogens is 6. The molecule has 246 valence electrons. The molecule has 0 radical (unpaired) electrons. The number of ether oxygens (including phenoxy) is 1. The highest BCUT2D eigenvalue weighted by Crippen LogP contribution is 2.39. The van der Waals surface area contributed by atoms with Crippen LogP contribution in [0.3, 0.4) is 0 Å². The molecule has 1 saturated heterocycles. The second-order valence-electron chi connectivity index (χ2n) is 9.91. The molecule has 0 bridgehead atoms. The summed E-state index contributed by atoms with van der Waals surface area (Å²) in [5, 5.41) is 18.5. The zero-order chi connectivity index (χ0) is 33.6. The lowest BCUT2D eigenvalue weighted by Gasteiger charge is -2.32. The molecular weight excluding hydrogens is 640 g/mol. The number of carboxylic acids is 2. The molecule has 3 aromatic rings. The van der Waals surface area contributed by atoms with Gasteiger partial charge in [0, 0.05) is 51.1 Å². The van der Waals surface area contributed by atoms with Gasteiger partial charge in [-0.15, -0.1) is 0 Å². The maximum absolute atomic E-state index is 13.5. The van der Waals surface area contributed by atoms with E-state index in [9.17, 15) is 34.8 Å². The van der Waals surface area contributed by atoms with Crippen molar-refractivity contribution in [3.63, 3.8) is 0 Å². The minimum atomic E-state index is -5.08. The molecule has 1 unspecified atom stereocenters. The third-order valence-electron chi connectivity index (χ3n) is 6.37. The third kappa shape index (κ3) is 9.63. The van der Waals surface area contributed by atoms with E-state index in [0.717, 1.165) is 25.1 Å². The first-order valence-electron chi connectivity index (χ1n) is 12.8. The Morgan fingerprint density at radius 2 is 1.56 bits per heavy atom. The molecule has 2 aliphatic heterocycles. The van der Waals surface area contributed by atoms with Gasteiger partial charge in [-0.2, -0.15) is 35.7 Å². The Morgan fingerprint density at radius 3 is 2.09 bits per heavy atom. The molecule has 45 heavy (non-hydrogen) atoms. The van der Waals surface area contributed by atoms with E-state index < -0.39 is 39.9 Å². The van der Waals surface area contributed by atoms with E-state index >= 15 is 0 Å². The number of carboxylic acid groups (broad SMARTS) is 2. The number of aliphatic carboxylic acids is 2. The molecule has 0 aliphatic carbocycles. The number of fused-ring (bicyclic) bond motifs is 1. The van der Waals surface area contributed by atoms with Crippen molar-refractivity contribution in [2.75, 3.05) is 19.6 Å². The van der Waals surface area contributed by atoms with Crippen molar-refractivity contribution in [3.8, 4) is 5.75 Å². The fraction of sp³-hybridized carbons (Fsp3) is 0.385. The molecule has 12 nitrogen and oxygen atoms in total. The first kappa shape index (κ1) is 35.3. The fourth-order valence-electron chi connectivity index (χ4n) is 4.46. The number of hydrogen-bond acceptors (Lipinski definition) is 8. The maximum atomic E-state index is 13.5. The average Bonchev–Trinajstić information content (AvgIpc) is 3.51. The van der Waals surface area contributed by atoms with Crippen LogP contribution in [0.2, 0.25) is 0 Å². The number of aromatic nitrogens is 3. The molecule has 19 heteroatoms. The highest BCUT2D eigenvalue weighted by atomic mass is 32.2. The van der Waals surface area contributed by atoms with Crippen molar-refractivity contribution in [1.29, 1.82) is 0 Å². The van der Waals surface area contributed by atoms with Crippen molar-refractivity contribution < 1.29 is 59.3 Å². The molecule has 0 saturated carbocycles. The number of likely N-dealkylation sites (tertiary alicyclic amines) is 1. The number of benzene rings is 1. The Bertz CT molecular complexity index is 1560. The van der Waals surface area contributed by atoms with Crippen molar-refractivity contribution in [2.45, 2.75) is 42.4 Å². The van der Waals surface area contributed by atoms with E-state index in [0.29, 0.717) is 18.0 Å². The van der Waals surface area contributed by atoms with Crippen LogP contribution >= 0.6 is 0 Å². The Kier molecular flexibility index (Phi) is 10.8. The molecule has 5 rings (SSSR count). The van der Waals surface area contributed by atoms with E-state index in [1.807, 2.05) is 43.7 Å². The quantitative estimate of drug-likeness (QED) is 0.396. The Balaban J connectivity index is 0.000000331. The smallest absolute Gasteiger partial charge is 0.483 e. The Hall–Kier alpha value is -4.23. The summed E-state index contributed by atoms with van der Waals surface area (Å²) in [6.07, 6.45) is -3.86. The van der Waals surface area contributed by atoms with Crippen LogP contribution in [-0.2, 0) is 39.7 Å². The summed E-state index contributed by atoms with van der Waals surface area (Å²) in [5.74, 6) is -5.09. The largest absolute Gasteiger partial charge is 0.490 e. The molecule has 1 atom stereocenters. The predicted molar refractivity (Wildman–Crippen MR) is 142 cm³/mol. The fourth-order valence-corrected chi connectivity index (χ4v) is 6.06. The molecule has 4 heterocycles. The van der Waals surface area contributed by atoms with Gasteiger partial charge >= 0.3 is 24.3 Å². The monoisotopic (exact) mass is 667 g/mol. The first-order valence-corrected chi connectivity index (χ1v) is 14.2. The lowest BCUT2D eigenvalue weighted by molar-refractivity contribution is -0.193. The van der Waals surface area contributed by atoms with Crippen molar-refractivity contribution in [3.05, 3.63) is 72.3 Å². The summed E-state index contributed by atoms with van der Waals surface area (Å²) < 4.78 is 100. The van der Waals surface area contributed by atoms with Gasteiger partial charge in [0.25, 0.3) is 0 Å². The number of aryl methyl sites for hydroxylation is 1. The van der Waals surface area contributed by atoms with Crippen LogP contribution in [0.5, 0.6) is 5.75 Å². The molecule has 1 aromatic carbocycles. The van der Waals surface area contributed by atoms with Gasteiger partial charge in [0.1, 0.15) is 16.2 Å². The van der Waals surface area contributed by atoms with Gasteiger partial charge in [0.15, 0.2) is 0 Å². The maximum Gasteiger partial charge on any atom is 0.490 e. The summed E-state index contributed by atoms with van der Waals surface area (Å²) in [6.45, 7) is 2.72. The highest BCUT2D eigenvalue weighted by molar-refractivity contribution is 7.89. The first-order chi connectivity index (χ1) is 20.8. The number of rotatable bonds is 4. The molecule has 2 aromatic heterocycles. The van der Waals surface area contributed by atoms with Crippen LogP contribution in [0.15, 0.2) is 66.0 Å². The number of nitrogens with zero attached hydrogens (tertiary/aromatic N) is 5. The molecule has 0 amide bonds. The lowest BCUT2D eigenvalue weighted by Crippen LogP contribution is -2.49. The van der Waals surface area contributed by atoms with Gasteiger partial charge in [-0.3, -0.25) is 14.6 Å². The van der Waals surface area contributed by atoms with Gasteiger partial charge in [0.05, 0.1) is 25.0 Å². The van der Waals surface area contributed by atoms with Gasteiger partial charge < -0.3 is 14.9 Å². The Morgan fingerprint density at radius 1 is 0.956 bits per heavy atom. The molecule has 2 N–H and O–H groups in total. The molecular formula is C26H27F6N5O7S. The van der Waals surface area contributed by atoms with Crippen LogP contribution in [0.25, 0.3) is 0 Å². The second kappa shape index (κ2) is 13.8. The van der Waals surface area contributed by atoms with Gasteiger partial charge in [0.2, 0.25) is 10.0 Å². The number of hydrogen-bond donors (Lipinski definition) is 2. The third-order valence-corrected chi connectivity index (χ3v) is 8.20. The summed E-state index contributed by atoms with van der Waals surface area (Å²) in [4.78, 5) is 24.7. The standard InChI is InChI=1S/C22H25N5O3S.2C2HF3O2/c1-25-13-18(12-24-25)14-26-11-9-22(16-26)17-27(15-19-6-4-5-10-23-19)31(28,29)21-8-3-2-7-20(21)30-22;2*3-2(4,5)1(6)7/h2-8,10,12-13H,9,11,14-17H2,1H3;2*(H,6,7). The van der Waals surface area contributed by atoms with Crippen molar-refractivity contribution in [1.82, 2.24) is 24.0 Å². The minimum Gasteiger partial charge on any atom is -0.483 e. The van der Waals surface area contributed by atoms with Crippen molar-refractivity contribution >= 4 is 22.0 Å². The van der Waals surface area contributed by atoms with Gasteiger partial charge in [-0.05, 0) is 24.3 Å². The van der Waals surface area contributed by atoms with Crippen LogP contribution in [0.1, 0.15) is 17.7 Å². The van der Waals surface area contributed by atoms with Crippen LogP contribution < -0.4 is 4.74 Å². The van der Waals surface area contributed by atoms with Gasteiger partial charge in [-0.25, -0.2) is 18.0 Å². The van der Waals surface area contributed by atoms with E-state index in [-0.39, 0.29) is 18.0 Å². The zero-order valence-corrected chi connectivity index (χ0v) is 24.2. The second-order valence-corrected chi connectivity index (χ2v) is 11.8. The topological polar surface area (TPSA) is 155 Å². The minimum absolute atomic E-state index is 0.214. The van der Waals surface area contributed by atoms with Crippen LogP contribution in [0, 0.1) is 0 Å². The predicted octanol–water partition coefficient (Wildman–Crippen LogP) is 3.31. The van der Waals surface area contributed by atoms with E-state index in [2.05, 4.69) is 15.0 Å². The highest BCUT2D eigenvalue weighted by Gasteiger charge is 2.48. The van der Waals surface area contributed by atoms with Crippen LogP contribution in [0.4, 0.5) is 26.3 Å². The lowest BCUT2D eigenvalue weighted by atomic mass is 10.0. The summed E-state index contributed by atoms with van der Waals surface area (Å²) in [6, 6.07) is 12.5. The number of carbonyl (C=O) groups is 2. The van der Waals surface area contributed by atoms with E-state index in [4.69, 9.17) is 24.5 Å². The van der Waals surface area contributed by atoms with Crippen LogP contribution in [-0.4, -0.2) is 92.1 Å². The summed E-state index contributed by atoms with van der Waals surface area (Å²) >= 11 is 0. The Labute approximate surface area is 252 Å². The molecule has 1 spiro atoms. The molecule has 2 aliphatic rings. The van der Waals surface area contributed by atoms with Crippen molar-refractivity contribution in [2.24, 2.45) is 7.05 Å². The number of alkyl halides is 6. The van der Waals surface area contributed by atoms with E-state index in [1.165, 1.54) is 4.31 Å². The van der Waals surface area contributed by atoms with Gasteiger partial charge in [-0.1, -0.05) is 18.2 Å². The SMILES string of the molecule is Cn1cc(CN2CCC3(C2)CN(Cc2ccccn2)S(=O)(=O)c2ccccc2O3)cn1.O=C(O)C(F)(F)F.O=C(O)C(F)(F)F. The summed E-state index contributed by atoms with van der Waals surface area (Å²) in [5.41, 5.74) is 1.23. The zero-order valence-electron chi connectivity index (χ0n) is 23.4. The number of para-hydroxylation sites is 1.